The molecule has 0 N–H and O–H groups in total. The normalized spacial score (nSPS) is 17.1. The molecule has 0 saturated carbocycles. The van der Waals surface area contributed by atoms with Gasteiger partial charge >= 0.3 is 15.6 Å². The van der Waals surface area contributed by atoms with E-state index in [0.717, 1.165) is 0 Å². The van der Waals surface area contributed by atoms with Crippen molar-refractivity contribution in [3.63, 3.8) is 0 Å². The van der Waals surface area contributed by atoms with Crippen molar-refractivity contribution in [1.29, 1.82) is 0 Å². The van der Waals surface area contributed by atoms with Gasteiger partial charge in [-0.15, -0.1) is 18.2 Å². The summed E-state index contributed by atoms with van der Waals surface area (Å²) in [6.07, 6.45) is 1.29. The van der Waals surface area contributed by atoms with Crippen molar-refractivity contribution in [3.8, 4) is 0 Å². The minimum absolute atomic E-state index is 0.0335. The molecule has 15 heavy (non-hydrogen) atoms. The first kappa shape index (κ1) is 14.9. The molecule has 0 fully saturated rings. The summed E-state index contributed by atoms with van der Waals surface area (Å²) < 4.78 is 61.5. The standard InChI is InChI=1S/C6H10ClF3O3SSi/c1-3-4-15(2,5-7)13-14(11,12)6(8,9)10/h3H,1,4-5H2,2H3. The number of hydrogen-bond acceptors (Lipinski definition) is 3. The Bertz CT molecular complexity index is 329. The number of allylic oxidation sites excluding steroid dienone is 1. The Labute approximate surface area is 92.1 Å². The van der Waals surface area contributed by atoms with E-state index in [1.165, 1.54) is 12.6 Å². The molecule has 0 aliphatic heterocycles. The number of hydrogen-bond donors (Lipinski definition) is 0. The minimum atomic E-state index is -5.56. The summed E-state index contributed by atoms with van der Waals surface area (Å²) in [4.78, 5) is 0. The van der Waals surface area contributed by atoms with Crippen LogP contribution in [0.1, 0.15) is 0 Å². The maximum Gasteiger partial charge on any atom is 0.522 e. The van der Waals surface area contributed by atoms with Gasteiger partial charge in [0, 0.05) is 5.50 Å². The van der Waals surface area contributed by atoms with Crippen LogP contribution in [-0.4, -0.2) is 27.7 Å². The van der Waals surface area contributed by atoms with Crippen molar-refractivity contribution in [1.82, 2.24) is 0 Å². The van der Waals surface area contributed by atoms with Gasteiger partial charge < -0.3 is 3.87 Å². The van der Waals surface area contributed by atoms with Gasteiger partial charge in [-0.05, 0) is 12.6 Å². The highest BCUT2D eigenvalue weighted by molar-refractivity contribution is 7.88. The Morgan fingerprint density at radius 2 is 2.00 bits per heavy atom. The van der Waals surface area contributed by atoms with Gasteiger partial charge in [-0.1, -0.05) is 6.08 Å². The van der Waals surface area contributed by atoms with Crippen molar-refractivity contribution in [2.45, 2.75) is 18.1 Å². The average molecular weight is 283 g/mol. The molecular formula is C6H10ClF3O3SSi. The molecular weight excluding hydrogens is 273 g/mol. The van der Waals surface area contributed by atoms with E-state index in [0.29, 0.717) is 0 Å². The Hall–Kier alpha value is -0.0531. The van der Waals surface area contributed by atoms with Gasteiger partial charge in [0.1, 0.15) is 0 Å². The SMILES string of the molecule is C=CC[Si](C)(CCl)OS(=O)(=O)C(F)(F)F. The summed E-state index contributed by atoms with van der Waals surface area (Å²) in [5.41, 5.74) is -5.66. The van der Waals surface area contributed by atoms with Gasteiger partial charge in [-0.3, -0.25) is 0 Å². The Morgan fingerprint density at radius 3 is 2.27 bits per heavy atom. The lowest BCUT2D eigenvalue weighted by Gasteiger charge is -2.23. The minimum Gasteiger partial charge on any atom is -0.307 e. The fourth-order valence-electron chi connectivity index (χ4n) is 0.728. The fourth-order valence-corrected chi connectivity index (χ4v) is 5.12. The molecule has 1 atom stereocenters. The van der Waals surface area contributed by atoms with E-state index in [1.54, 1.807) is 0 Å². The second kappa shape index (κ2) is 4.85. The zero-order chi connectivity index (χ0) is 12.3. The topological polar surface area (TPSA) is 43.4 Å². The van der Waals surface area contributed by atoms with E-state index in [9.17, 15) is 21.6 Å². The molecule has 9 heteroatoms. The molecule has 0 radical (unpaired) electrons. The number of halogens is 4. The molecule has 0 spiro atoms. The van der Waals surface area contributed by atoms with Crippen LogP contribution in [0.2, 0.25) is 12.6 Å². The van der Waals surface area contributed by atoms with Crippen LogP contribution in [0.4, 0.5) is 13.2 Å². The van der Waals surface area contributed by atoms with Gasteiger partial charge in [-0.25, -0.2) is 0 Å². The largest absolute Gasteiger partial charge is 0.522 e. The number of alkyl halides is 4. The first-order valence-electron chi connectivity index (χ1n) is 3.77. The van der Waals surface area contributed by atoms with Gasteiger partial charge in [0.25, 0.3) is 0 Å². The van der Waals surface area contributed by atoms with E-state index < -0.39 is 23.9 Å². The second-order valence-corrected chi connectivity index (χ2v) is 9.47. The zero-order valence-electron chi connectivity index (χ0n) is 7.84. The molecule has 0 bridgehead atoms. The molecule has 3 nitrogen and oxygen atoms in total. The van der Waals surface area contributed by atoms with Gasteiger partial charge in [0.05, 0.1) is 0 Å². The summed E-state index contributed by atoms with van der Waals surface area (Å²) in [7, 11) is -8.69. The van der Waals surface area contributed by atoms with Crippen LogP contribution < -0.4 is 0 Å². The van der Waals surface area contributed by atoms with Crippen LogP contribution in [0.15, 0.2) is 12.7 Å². The molecule has 0 aromatic heterocycles. The third-order valence-electron chi connectivity index (χ3n) is 1.45. The molecule has 90 valence electrons. The van der Waals surface area contributed by atoms with E-state index in [2.05, 4.69) is 10.5 Å². The Morgan fingerprint density at radius 1 is 1.53 bits per heavy atom. The molecule has 0 amide bonds. The zero-order valence-corrected chi connectivity index (χ0v) is 10.4. The molecule has 0 aliphatic carbocycles. The maximum absolute atomic E-state index is 12.0. The third kappa shape index (κ3) is 4.13. The first-order chi connectivity index (χ1) is 6.58. The molecule has 0 heterocycles. The fraction of sp³-hybridized carbons (Fsp3) is 0.667. The Kier molecular flexibility index (Phi) is 4.84. The smallest absolute Gasteiger partial charge is 0.307 e. The highest BCUT2D eigenvalue weighted by atomic mass is 35.5. The average Bonchev–Trinajstić information content (AvgIpc) is 2.01. The van der Waals surface area contributed by atoms with E-state index >= 15 is 0 Å². The lowest BCUT2D eigenvalue weighted by Crippen LogP contribution is -2.43. The summed E-state index contributed by atoms with van der Waals surface area (Å²) >= 11 is 5.40. The Balaban J connectivity index is 4.93. The predicted molar refractivity (Wildman–Crippen MR) is 53.4 cm³/mol. The summed E-state index contributed by atoms with van der Waals surface area (Å²) in [5.74, 6) is 0. The van der Waals surface area contributed by atoms with Crippen LogP contribution in [0.3, 0.4) is 0 Å². The van der Waals surface area contributed by atoms with Gasteiger partial charge in [0.15, 0.2) is 0 Å². The first-order valence-corrected chi connectivity index (χ1v) is 8.53. The second-order valence-electron chi connectivity index (χ2n) is 3.06. The van der Waals surface area contributed by atoms with Crippen molar-refractivity contribution < 1.29 is 25.5 Å². The summed E-state index contributed by atoms with van der Waals surface area (Å²) in [6.45, 7) is 4.60. The number of rotatable bonds is 5. The monoisotopic (exact) mass is 282 g/mol. The van der Waals surface area contributed by atoms with E-state index in [-0.39, 0.29) is 11.5 Å². The molecule has 0 aromatic rings. The predicted octanol–water partition coefficient (Wildman–Crippen LogP) is 2.39. The molecule has 0 aromatic carbocycles. The lowest BCUT2D eigenvalue weighted by molar-refractivity contribution is -0.0503. The highest BCUT2D eigenvalue weighted by Crippen LogP contribution is 2.29. The maximum atomic E-state index is 12.0. The van der Waals surface area contributed by atoms with Crippen molar-refractivity contribution in [3.05, 3.63) is 12.7 Å². The molecule has 0 aliphatic rings. The van der Waals surface area contributed by atoms with Crippen LogP contribution in [0.25, 0.3) is 0 Å². The highest BCUT2D eigenvalue weighted by Gasteiger charge is 2.50. The van der Waals surface area contributed by atoms with Crippen LogP contribution >= 0.6 is 11.6 Å². The van der Waals surface area contributed by atoms with Crippen LogP contribution in [0.5, 0.6) is 0 Å². The quantitative estimate of drug-likeness (QED) is 0.337. The van der Waals surface area contributed by atoms with E-state index in [1.807, 2.05) is 0 Å². The van der Waals surface area contributed by atoms with Gasteiger partial charge in [0.2, 0.25) is 8.32 Å². The molecule has 0 saturated heterocycles. The van der Waals surface area contributed by atoms with Crippen LogP contribution in [-0.2, 0) is 14.0 Å². The molecule has 0 rings (SSSR count). The van der Waals surface area contributed by atoms with Crippen molar-refractivity contribution in [2.24, 2.45) is 0 Å². The third-order valence-corrected chi connectivity index (χ3v) is 7.92. The lowest BCUT2D eigenvalue weighted by atomic mass is 10.8. The van der Waals surface area contributed by atoms with Crippen molar-refractivity contribution >= 4 is 30.0 Å². The van der Waals surface area contributed by atoms with Crippen LogP contribution in [0, 0.1) is 0 Å². The van der Waals surface area contributed by atoms with Crippen molar-refractivity contribution in [2.75, 3.05) is 5.50 Å². The van der Waals surface area contributed by atoms with Gasteiger partial charge in [-0.2, -0.15) is 21.6 Å². The summed E-state index contributed by atoms with van der Waals surface area (Å²) in [6, 6.07) is 0.0335. The van der Waals surface area contributed by atoms with E-state index in [4.69, 9.17) is 11.6 Å². The summed E-state index contributed by atoms with van der Waals surface area (Å²) in [5, 5.41) is 0. The molecule has 1 unspecified atom stereocenters.